The molecule has 0 fully saturated rings. The van der Waals surface area contributed by atoms with Crippen LogP contribution in [0.1, 0.15) is 43.5 Å². The zero-order valence-corrected chi connectivity index (χ0v) is 15.6. The molecule has 4 heteroatoms. The normalized spacial score (nSPS) is 18.4. The first-order valence-corrected chi connectivity index (χ1v) is 9.11. The van der Waals surface area contributed by atoms with Crippen LogP contribution in [0.25, 0.3) is 11.1 Å². The van der Waals surface area contributed by atoms with Gasteiger partial charge in [-0.05, 0) is 73.6 Å². The highest BCUT2D eigenvalue weighted by molar-refractivity contribution is 6.31. The molecule has 1 aliphatic heterocycles. The average molecular weight is 356 g/mol. The highest BCUT2D eigenvalue weighted by Gasteiger charge is 2.38. The molecule has 1 unspecified atom stereocenters. The summed E-state index contributed by atoms with van der Waals surface area (Å²) in [6.07, 6.45) is 1.39. The van der Waals surface area contributed by atoms with Crippen LogP contribution < -0.4 is 0 Å². The molecule has 2 aromatic carbocycles. The van der Waals surface area contributed by atoms with Crippen LogP contribution >= 0.6 is 11.6 Å². The van der Waals surface area contributed by atoms with Gasteiger partial charge in [0.15, 0.2) is 0 Å². The Morgan fingerprint density at radius 2 is 1.92 bits per heavy atom. The fourth-order valence-electron chi connectivity index (χ4n) is 3.97. The topological polar surface area (TPSA) is 29.5 Å². The second kappa shape index (κ2) is 5.77. The standard InChI is InChI=1S/C21H22ClNO2/c1-21(2,3)25-20(24)23-9-8-14-10-15(22)12-17-16-7-5-4-6-13(16)11-18(23)19(14)17/h4-7,10,12,18H,8-9,11H2,1-3H3. The van der Waals surface area contributed by atoms with E-state index >= 15 is 0 Å². The first-order chi connectivity index (χ1) is 11.8. The Labute approximate surface area is 153 Å². The van der Waals surface area contributed by atoms with Crippen LogP contribution in [0.5, 0.6) is 0 Å². The molecule has 1 aliphatic carbocycles. The molecule has 0 radical (unpaired) electrons. The summed E-state index contributed by atoms with van der Waals surface area (Å²) < 4.78 is 5.66. The molecule has 4 rings (SSSR count). The van der Waals surface area contributed by atoms with Gasteiger partial charge in [-0.3, -0.25) is 0 Å². The molecule has 2 aromatic rings. The molecule has 0 spiro atoms. The van der Waals surface area contributed by atoms with E-state index < -0.39 is 5.60 Å². The molecule has 3 nitrogen and oxygen atoms in total. The van der Waals surface area contributed by atoms with Crippen molar-refractivity contribution in [3.63, 3.8) is 0 Å². The van der Waals surface area contributed by atoms with Crippen LogP contribution in [0.15, 0.2) is 36.4 Å². The number of amides is 1. The van der Waals surface area contributed by atoms with Gasteiger partial charge in [0.1, 0.15) is 5.60 Å². The summed E-state index contributed by atoms with van der Waals surface area (Å²) in [5.74, 6) is 0. The second-order valence-corrected chi connectivity index (χ2v) is 8.26. The first-order valence-electron chi connectivity index (χ1n) is 8.74. The minimum absolute atomic E-state index is 0.0146. The third-order valence-electron chi connectivity index (χ3n) is 4.91. The quantitative estimate of drug-likeness (QED) is 0.633. The average Bonchev–Trinajstić information content (AvgIpc) is 2.53. The maximum Gasteiger partial charge on any atom is 0.410 e. The fourth-order valence-corrected chi connectivity index (χ4v) is 4.21. The van der Waals surface area contributed by atoms with E-state index in [4.69, 9.17) is 16.3 Å². The van der Waals surface area contributed by atoms with Gasteiger partial charge in [0.05, 0.1) is 6.04 Å². The van der Waals surface area contributed by atoms with Gasteiger partial charge in [-0.1, -0.05) is 35.9 Å². The van der Waals surface area contributed by atoms with Gasteiger partial charge in [0.25, 0.3) is 0 Å². The van der Waals surface area contributed by atoms with Crippen LogP contribution in [0.3, 0.4) is 0 Å². The van der Waals surface area contributed by atoms with Crippen molar-refractivity contribution in [3.05, 3.63) is 58.1 Å². The molecular weight excluding hydrogens is 334 g/mol. The van der Waals surface area contributed by atoms with Crippen molar-refractivity contribution < 1.29 is 9.53 Å². The maximum absolute atomic E-state index is 12.8. The minimum atomic E-state index is -0.493. The van der Waals surface area contributed by atoms with E-state index in [1.54, 1.807) is 0 Å². The fraction of sp³-hybridized carbons (Fsp3) is 0.381. The van der Waals surface area contributed by atoms with Gasteiger partial charge in [-0.2, -0.15) is 0 Å². The molecular formula is C21H22ClNO2. The lowest BCUT2D eigenvalue weighted by Gasteiger charge is -2.42. The predicted octanol–water partition coefficient (Wildman–Crippen LogP) is 5.40. The molecule has 0 saturated carbocycles. The van der Waals surface area contributed by atoms with E-state index in [9.17, 15) is 4.79 Å². The minimum Gasteiger partial charge on any atom is -0.444 e. The highest BCUT2D eigenvalue weighted by atomic mass is 35.5. The predicted molar refractivity (Wildman–Crippen MR) is 100.0 cm³/mol. The zero-order valence-electron chi connectivity index (χ0n) is 14.8. The number of carbonyl (C=O) groups excluding carboxylic acids is 1. The Morgan fingerprint density at radius 3 is 2.68 bits per heavy atom. The number of hydrogen-bond acceptors (Lipinski definition) is 2. The first kappa shape index (κ1) is 16.5. The summed E-state index contributed by atoms with van der Waals surface area (Å²) in [5, 5.41) is 0.759. The molecule has 0 bridgehead atoms. The molecule has 2 aliphatic rings. The van der Waals surface area contributed by atoms with Crippen LogP contribution in [0.2, 0.25) is 5.02 Å². The largest absolute Gasteiger partial charge is 0.444 e. The van der Waals surface area contributed by atoms with Crippen molar-refractivity contribution in [2.45, 2.75) is 45.3 Å². The lowest BCUT2D eigenvalue weighted by atomic mass is 9.77. The van der Waals surface area contributed by atoms with Crippen molar-refractivity contribution in [2.75, 3.05) is 6.54 Å². The third kappa shape index (κ3) is 2.91. The van der Waals surface area contributed by atoms with Gasteiger partial charge in [-0.15, -0.1) is 0 Å². The van der Waals surface area contributed by atoms with Crippen molar-refractivity contribution in [3.8, 4) is 11.1 Å². The molecule has 0 N–H and O–H groups in total. The van der Waals surface area contributed by atoms with Gasteiger partial charge < -0.3 is 9.64 Å². The number of carbonyl (C=O) groups is 1. The van der Waals surface area contributed by atoms with Gasteiger partial charge in [0.2, 0.25) is 0 Å². The Bertz CT molecular complexity index is 853. The molecule has 0 aromatic heterocycles. The number of fused-ring (bicyclic) bond motifs is 2. The van der Waals surface area contributed by atoms with Gasteiger partial charge in [-0.25, -0.2) is 4.79 Å². The molecule has 130 valence electrons. The zero-order chi connectivity index (χ0) is 17.8. The SMILES string of the molecule is CC(C)(C)OC(=O)N1CCc2cc(Cl)cc3c2C1Cc1ccccc1-3. The van der Waals surface area contributed by atoms with Crippen molar-refractivity contribution >= 4 is 17.7 Å². The lowest BCUT2D eigenvalue weighted by Crippen LogP contribution is -2.44. The van der Waals surface area contributed by atoms with E-state index in [2.05, 4.69) is 24.3 Å². The Kier molecular flexibility index (Phi) is 3.80. The maximum atomic E-state index is 12.8. The highest BCUT2D eigenvalue weighted by Crippen LogP contribution is 2.46. The van der Waals surface area contributed by atoms with Crippen LogP contribution in [0.4, 0.5) is 4.79 Å². The summed E-state index contributed by atoms with van der Waals surface area (Å²) in [4.78, 5) is 14.7. The van der Waals surface area contributed by atoms with E-state index in [-0.39, 0.29) is 12.1 Å². The van der Waals surface area contributed by atoms with E-state index in [0.717, 1.165) is 23.4 Å². The molecule has 1 amide bonds. The van der Waals surface area contributed by atoms with E-state index in [0.29, 0.717) is 6.54 Å². The van der Waals surface area contributed by atoms with Gasteiger partial charge in [0, 0.05) is 11.6 Å². The van der Waals surface area contributed by atoms with Crippen molar-refractivity contribution in [1.29, 1.82) is 0 Å². The summed E-state index contributed by atoms with van der Waals surface area (Å²) in [6.45, 7) is 6.38. The van der Waals surface area contributed by atoms with Crippen LogP contribution in [0, 0.1) is 0 Å². The number of nitrogens with zero attached hydrogens (tertiary/aromatic N) is 1. The number of rotatable bonds is 0. The number of ether oxygens (including phenoxy) is 1. The van der Waals surface area contributed by atoms with E-state index in [1.807, 2.05) is 37.8 Å². The summed E-state index contributed by atoms with van der Waals surface area (Å²) in [6, 6.07) is 12.5. The van der Waals surface area contributed by atoms with E-state index in [1.165, 1.54) is 22.3 Å². The lowest BCUT2D eigenvalue weighted by molar-refractivity contribution is 0.0140. The Hall–Kier alpha value is -2.00. The van der Waals surface area contributed by atoms with Gasteiger partial charge >= 0.3 is 6.09 Å². The Morgan fingerprint density at radius 1 is 1.16 bits per heavy atom. The third-order valence-corrected chi connectivity index (χ3v) is 5.13. The number of benzene rings is 2. The summed E-state index contributed by atoms with van der Waals surface area (Å²) >= 11 is 6.38. The molecule has 25 heavy (non-hydrogen) atoms. The van der Waals surface area contributed by atoms with Crippen molar-refractivity contribution in [1.82, 2.24) is 4.90 Å². The number of hydrogen-bond donors (Lipinski definition) is 0. The molecule has 0 saturated heterocycles. The van der Waals surface area contributed by atoms with Crippen LogP contribution in [-0.4, -0.2) is 23.1 Å². The van der Waals surface area contributed by atoms with Crippen molar-refractivity contribution in [2.24, 2.45) is 0 Å². The molecule has 1 atom stereocenters. The number of halogens is 1. The summed E-state index contributed by atoms with van der Waals surface area (Å²) in [5.41, 5.74) is 5.63. The monoisotopic (exact) mass is 355 g/mol. The Balaban J connectivity index is 1.82. The summed E-state index contributed by atoms with van der Waals surface area (Å²) in [7, 11) is 0. The van der Waals surface area contributed by atoms with Crippen LogP contribution in [-0.2, 0) is 17.6 Å². The molecule has 1 heterocycles. The smallest absolute Gasteiger partial charge is 0.410 e. The second-order valence-electron chi connectivity index (χ2n) is 7.83.